The molecule has 26 heteroatoms. The Morgan fingerprint density at radius 2 is 1.49 bits per heavy atom. The van der Waals surface area contributed by atoms with Crippen molar-refractivity contribution in [2.75, 3.05) is 20.7 Å². The number of allylic oxidation sites excluding steroid dienone is 2. The summed E-state index contributed by atoms with van der Waals surface area (Å²) in [5, 5.41) is 43.6. The number of carbonyl (C=O) groups is 9. The van der Waals surface area contributed by atoms with Crippen LogP contribution in [0, 0.1) is 17.8 Å². The lowest BCUT2D eigenvalue weighted by molar-refractivity contribution is -0.146. The van der Waals surface area contributed by atoms with Gasteiger partial charge in [0.2, 0.25) is 35.4 Å². The maximum atomic E-state index is 14.5. The van der Waals surface area contributed by atoms with Crippen LogP contribution >= 0.6 is 0 Å². The lowest BCUT2D eigenvalue weighted by Gasteiger charge is -2.28. The number of aliphatic carboxylic acids is 2. The van der Waals surface area contributed by atoms with Crippen molar-refractivity contribution in [2.45, 2.75) is 135 Å². The first-order valence-electron chi connectivity index (χ1n) is 25.2. The highest BCUT2D eigenvalue weighted by Gasteiger charge is 2.37. The number of benzene rings is 1. The number of rotatable bonds is 18. The number of nitrogens with one attached hydrogen (secondary N) is 6. The minimum Gasteiger partial charge on any atom is -0.480 e. The highest BCUT2D eigenvalue weighted by Crippen LogP contribution is 2.19. The first kappa shape index (κ1) is 63.3. The van der Waals surface area contributed by atoms with E-state index in [1.807, 2.05) is 43.3 Å². The van der Waals surface area contributed by atoms with Crippen molar-refractivity contribution in [2.24, 2.45) is 39.9 Å². The quantitative estimate of drug-likeness (QED) is 0.0283. The third-order valence-electron chi connectivity index (χ3n) is 12.9. The number of aromatic nitrogens is 3. The van der Waals surface area contributed by atoms with Gasteiger partial charge in [-0.05, 0) is 57.9 Å². The number of likely N-dealkylation sites (N-methyl/N-ethyl adjacent to an activating group) is 1. The molecular weight excluding hydrogens is 1000 g/mol. The molecule has 0 radical (unpaired) electrons. The van der Waals surface area contributed by atoms with Gasteiger partial charge in [-0.1, -0.05) is 86.7 Å². The fraction of sp³-hybridized carbons (Fsp3) is 0.529. The summed E-state index contributed by atoms with van der Waals surface area (Å²) in [6.45, 7) is 11.6. The fourth-order valence-corrected chi connectivity index (χ4v) is 8.02. The number of methoxy groups -OCH3 is 1. The summed E-state index contributed by atoms with van der Waals surface area (Å²) in [5.74, 6) is -12.7. The zero-order chi connectivity index (χ0) is 57.5. The Morgan fingerprint density at radius 1 is 0.870 bits per heavy atom. The van der Waals surface area contributed by atoms with Gasteiger partial charge in [0, 0.05) is 52.3 Å². The van der Waals surface area contributed by atoms with Gasteiger partial charge in [0.25, 0.3) is 5.91 Å². The number of aliphatic imine (C=N–C) groups is 1. The highest BCUT2D eigenvalue weighted by atomic mass is 16.5. The van der Waals surface area contributed by atoms with Crippen LogP contribution in [0.5, 0.6) is 0 Å². The number of aryl methyl sites for hydroxylation is 1. The average molecular weight is 1080 g/mol. The van der Waals surface area contributed by atoms with E-state index in [1.165, 1.54) is 38.6 Å². The molecule has 14 N–H and O–H groups in total. The third kappa shape index (κ3) is 20.6. The molecular formula is C51H76N14O12. The van der Waals surface area contributed by atoms with E-state index in [-0.39, 0.29) is 63.3 Å². The molecule has 0 spiro atoms. The number of guanidine groups is 1. The zero-order valence-corrected chi connectivity index (χ0v) is 44.7. The Bertz CT molecular complexity index is 2490. The molecule has 422 valence electrons. The molecule has 1 aromatic heterocycles. The number of amides is 7. The van der Waals surface area contributed by atoms with Crippen molar-refractivity contribution in [1.82, 2.24) is 51.8 Å². The Kier molecular flexibility index (Phi) is 25.6. The van der Waals surface area contributed by atoms with Crippen molar-refractivity contribution in [3.63, 3.8) is 0 Å². The van der Waals surface area contributed by atoms with Crippen molar-refractivity contribution in [3.05, 3.63) is 83.9 Å². The predicted octanol–water partition coefficient (Wildman–Crippen LogP) is -0.897. The molecule has 1 aliphatic heterocycles. The van der Waals surface area contributed by atoms with E-state index < -0.39 is 120 Å². The van der Waals surface area contributed by atoms with Crippen LogP contribution in [-0.4, -0.2) is 152 Å². The SMILES string of the molecule is C=C1C(=O)N[C@H](C)C(=O)N[C@@H](CCCn2cc(CN)nn2)C(=O)N[C@@H](C(=O)O)[C@H](C)C(=O)N[C@@H](CCCN=C(N)N)C(=O)N[C@@H](/C=C/C(C)=C/[C@H](C)[C@H](Cc2ccccc2)OC)[C@H](C)C(=O)N[C@@H](C(=O)O)CCC(=O)N1C. The fourth-order valence-electron chi connectivity index (χ4n) is 8.02. The Labute approximate surface area is 447 Å². The minimum absolute atomic E-state index is 0.00583. The summed E-state index contributed by atoms with van der Waals surface area (Å²) in [4.78, 5) is 127. The first-order valence-corrected chi connectivity index (χ1v) is 25.2. The van der Waals surface area contributed by atoms with Crippen molar-refractivity contribution >= 4 is 59.2 Å². The van der Waals surface area contributed by atoms with E-state index in [1.54, 1.807) is 26.3 Å². The lowest BCUT2D eigenvalue weighted by atomic mass is 9.94. The van der Waals surface area contributed by atoms with Gasteiger partial charge in [-0.3, -0.25) is 43.2 Å². The number of nitrogens with zero attached hydrogens (tertiary/aromatic N) is 5. The average Bonchev–Trinajstić information content (AvgIpc) is 3.86. The number of hydrogen-bond donors (Lipinski definition) is 11. The topological polar surface area (TPSA) is 400 Å². The summed E-state index contributed by atoms with van der Waals surface area (Å²) in [5.41, 5.74) is 18.5. The maximum absolute atomic E-state index is 14.5. The molecule has 0 unspecified atom stereocenters. The molecule has 77 heavy (non-hydrogen) atoms. The monoisotopic (exact) mass is 1080 g/mol. The molecule has 26 nitrogen and oxygen atoms in total. The Hall–Kier alpha value is -8.00. The Balaban J connectivity index is 2.12. The highest BCUT2D eigenvalue weighted by molar-refractivity contribution is 6.00. The van der Waals surface area contributed by atoms with Gasteiger partial charge in [-0.2, -0.15) is 0 Å². The van der Waals surface area contributed by atoms with Crippen LogP contribution < -0.4 is 49.1 Å². The molecule has 0 bridgehead atoms. The Morgan fingerprint density at radius 3 is 2.09 bits per heavy atom. The molecule has 3 rings (SSSR count). The van der Waals surface area contributed by atoms with Gasteiger partial charge in [-0.15, -0.1) is 5.10 Å². The molecule has 1 fully saturated rings. The largest absolute Gasteiger partial charge is 0.480 e. The molecule has 1 aromatic carbocycles. The summed E-state index contributed by atoms with van der Waals surface area (Å²) in [6.07, 6.45) is 6.13. The number of carboxylic acid groups (broad SMARTS) is 2. The summed E-state index contributed by atoms with van der Waals surface area (Å²) < 4.78 is 7.27. The summed E-state index contributed by atoms with van der Waals surface area (Å²) in [7, 11) is 2.81. The molecule has 7 amide bonds. The van der Waals surface area contributed by atoms with E-state index in [2.05, 4.69) is 53.8 Å². The normalized spacial score (nSPS) is 24.2. The van der Waals surface area contributed by atoms with E-state index in [4.69, 9.17) is 21.9 Å². The van der Waals surface area contributed by atoms with Gasteiger partial charge in [0.1, 0.15) is 35.9 Å². The second kappa shape index (κ2) is 31.1. The predicted molar refractivity (Wildman–Crippen MR) is 282 cm³/mol. The number of ether oxygens (including phenoxy) is 1. The first-order chi connectivity index (χ1) is 36.4. The molecule has 0 saturated carbocycles. The van der Waals surface area contributed by atoms with Crippen LogP contribution in [0.15, 0.2) is 77.6 Å². The van der Waals surface area contributed by atoms with E-state index >= 15 is 0 Å². The van der Waals surface area contributed by atoms with Crippen LogP contribution in [0.25, 0.3) is 0 Å². The van der Waals surface area contributed by atoms with Crippen molar-refractivity contribution in [3.8, 4) is 0 Å². The van der Waals surface area contributed by atoms with E-state index in [0.29, 0.717) is 17.7 Å². The molecule has 2 heterocycles. The molecule has 10 atom stereocenters. The number of nitrogens with two attached hydrogens (primary N) is 3. The molecule has 1 aliphatic rings. The molecule has 0 aliphatic carbocycles. The minimum atomic E-state index is -1.94. The smallest absolute Gasteiger partial charge is 0.327 e. The lowest BCUT2D eigenvalue weighted by Crippen LogP contribution is -2.59. The van der Waals surface area contributed by atoms with Gasteiger partial charge in [0.05, 0.1) is 29.7 Å². The number of carbonyl (C=O) groups excluding carboxylic acids is 7. The van der Waals surface area contributed by atoms with Gasteiger partial charge in [-0.25, -0.2) is 9.59 Å². The van der Waals surface area contributed by atoms with Crippen LogP contribution in [0.3, 0.4) is 0 Å². The van der Waals surface area contributed by atoms with Gasteiger partial charge in [0.15, 0.2) is 5.96 Å². The van der Waals surface area contributed by atoms with Gasteiger partial charge < -0.3 is 69.0 Å². The van der Waals surface area contributed by atoms with Crippen molar-refractivity contribution < 1.29 is 58.1 Å². The molecule has 2 aromatic rings. The van der Waals surface area contributed by atoms with Crippen LogP contribution in [0.1, 0.15) is 84.4 Å². The van der Waals surface area contributed by atoms with E-state index in [9.17, 15) is 53.4 Å². The van der Waals surface area contributed by atoms with E-state index in [0.717, 1.165) is 10.5 Å². The second-order valence-electron chi connectivity index (χ2n) is 19.0. The molecule has 1 saturated heterocycles. The number of hydrogen-bond acceptors (Lipinski definition) is 14. The maximum Gasteiger partial charge on any atom is 0.327 e. The summed E-state index contributed by atoms with van der Waals surface area (Å²) in [6, 6.07) is 0.673. The number of carboxylic acids is 2. The van der Waals surface area contributed by atoms with Crippen LogP contribution in [-0.2, 0) is 67.4 Å². The third-order valence-corrected chi connectivity index (χ3v) is 12.9. The van der Waals surface area contributed by atoms with Crippen LogP contribution in [0.2, 0.25) is 0 Å². The van der Waals surface area contributed by atoms with Gasteiger partial charge >= 0.3 is 11.9 Å². The second-order valence-corrected chi connectivity index (χ2v) is 19.0. The summed E-state index contributed by atoms with van der Waals surface area (Å²) >= 11 is 0. The standard InChI is InChI=1S/C51H76N14O12/c1-28(24-29(2)40(77-8)25-34-14-10-9-11-15-34)18-19-36-30(3)43(67)60-39(49(73)74)20-21-41(66)64(7)33(6)46(70)56-32(5)45(69)59-38(17-13-23-65-27-35(26-52)62-63-65)48(72)61-42(50(75)76)31(4)44(68)58-37(47(71)57-36)16-12-22-55-51(53)54/h9-11,14-15,18-19,24,27,29-32,36-40,42H,6,12-13,16-17,20-23,25-26,52H2,1-5,7-8H3,(H,56,70)(H,57,71)(H,58,68)(H,59,69)(H,60,67)(H,61,72)(H,73,74)(H,75,76)(H4,53,54,55)/b19-18+,28-24+/t29-,30-,31-,32+,36-,37-,38-,39+,40-,42+/m0/s1. The zero-order valence-electron chi connectivity index (χ0n) is 44.7. The van der Waals surface area contributed by atoms with Crippen molar-refractivity contribution in [1.29, 1.82) is 0 Å². The van der Waals surface area contributed by atoms with Crippen LogP contribution in [0.4, 0.5) is 0 Å².